The van der Waals surface area contributed by atoms with E-state index in [2.05, 4.69) is 20.8 Å². The lowest BCUT2D eigenvalue weighted by molar-refractivity contribution is 0.257. The summed E-state index contributed by atoms with van der Waals surface area (Å²) in [6.45, 7) is 5.54. The molecule has 2 atom stereocenters. The number of aliphatic hydroxyl groups excluding tert-OH is 1. The number of benzene rings is 2. The Bertz CT molecular complexity index is 1370. The summed E-state index contributed by atoms with van der Waals surface area (Å²) in [7, 11) is 1.63. The number of methoxy groups -OCH3 is 1. The number of fused-ring (bicyclic) bond motifs is 3. The maximum atomic E-state index is 13.4. The highest BCUT2D eigenvalue weighted by Gasteiger charge is 2.27. The van der Waals surface area contributed by atoms with Gasteiger partial charge in [-0.05, 0) is 50.6 Å². The minimum Gasteiger partial charge on any atom is -0.496 e. The van der Waals surface area contributed by atoms with Crippen LogP contribution in [-0.4, -0.2) is 41.0 Å². The maximum Gasteiger partial charge on any atom is 0.141 e. The molecule has 0 bridgehead atoms. The smallest absolute Gasteiger partial charge is 0.141 e. The molecule has 0 amide bonds. The van der Waals surface area contributed by atoms with Crippen molar-refractivity contribution >= 4 is 22.6 Å². The van der Waals surface area contributed by atoms with Gasteiger partial charge >= 0.3 is 0 Å². The Kier molecular flexibility index (Phi) is 5.49. The van der Waals surface area contributed by atoms with Crippen LogP contribution in [0.4, 0.5) is 10.2 Å². The quantitative estimate of drug-likeness (QED) is 0.349. The van der Waals surface area contributed by atoms with Gasteiger partial charge in [0.15, 0.2) is 0 Å². The van der Waals surface area contributed by atoms with Crippen molar-refractivity contribution in [2.45, 2.75) is 33.0 Å². The summed E-state index contributed by atoms with van der Waals surface area (Å²) in [5.41, 5.74) is 5.06. The first-order valence-corrected chi connectivity index (χ1v) is 11.0. The lowest BCUT2D eigenvalue weighted by atomic mass is 9.99. The topological polar surface area (TPSA) is 108 Å². The minimum absolute atomic E-state index is 0.177. The number of aromatic nitrogens is 2. The number of halogens is 1. The molecule has 0 saturated heterocycles. The summed E-state index contributed by atoms with van der Waals surface area (Å²) in [6, 6.07) is 9.60. The maximum absolute atomic E-state index is 13.4. The van der Waals surface area contributed by atoms with E-state index in [4.69, 9.17) is 14.3 Å². The van der Waals surface area contributed by atoms with Gasteiger partial charge in [-0.15, -0.1) is 0 Å². The first-order valence-electron chi connectivity index (χ1n) is 11.0. The molecule has 4 aromatic rings. The lowest BCUT2D eigenvalue weighted by Crippen LogP contribution is -2.36. The molecule has 1 aliphatic heterocycles. The number of amidine groups is 1. The summed E-state index contributed by atoms with van der Waals surface area (Å²) in [4.78, 5) is 8.21. The summed E-state index contributed by atoms with van der Waals surface area (Å²) >= 11 is 0. The second-order valence-electron chi connectivity index (χ2n) is 8.40. The Morgan fingerprint density at radius 2 is 1.97 bits per heavy atom. The van der Waals surface area contributed by atoms with Crippen molar-refractivity contribution in [3.05, 3.63) is 64.8 Å². The van der Waals surface area contributed by atoms with Gasteiger partial charge in [-0.3, -0.25) is 0 Å². The molecule has 4 N–H and O–H groups in total. The van der Waals surface area contributed by atoms with Crippen LogP contribution in [0, 0.1) is 19.7 Å². The number of aromatic amines is 1. The number of hydrogen-bond donors (Lipinski definition) is 4. The van der Waals surface area contributed by atoms with E-state index >= 15 is 0 Å². The number of aliphatic imine (C=N–C) groups is 1. The lowest BCUT2D eigenvalue weighted by Gasteiger charge is -2.25. The fraction of sp³-hybridized carbons (Fsp3) is 0.280. The van der Waals surface area contributed by atoms with Crippen LogP contribution in [0.1, 0.15) is 35.5 Å². The zero-order chi connectivity index (χ0) is 24.0. The van der Waals surface area contributed by atoms with Crippen molar-refractivity contribution in [3.63, 3.8) is 0 Å². The number of aryl methyl sites for hydroxylation is 2. The zero-order valence-electron chi connectivity index (χ0n) is 19.4. The van der Waals surface area contributed by atoms with Gasteiger partial charge in [0.25, 0.3) is 0 Å². The first kappa shape index (κ1) is 22.0. The van der Waals surface area contributed by atoms with E-state index in [0.29, 0.717) is 17.3 Å². The molecule has 0 radical (unpaired) electrons. The predicted octanol–water partition coefficient (Wildman–Crippen LogP) is 4.43. The molecule has 0 saturated carbocycles. The SMILES string of the molecule is COc1cc2c3c([nH]c2cc1-c1c(C)noc1C)NC(C)N=C3N[C@H](CO)c1ccc(F)cc1. The van der Waals surface area contributed by atoms with E-state index in [0.717, 1.165) is 44.7 Å². The fourth-order valence-electron chi connectivity index (χ4n) is 4.51. The average Bonchev–Trinajstić information content (AvgIpc) is 3.35. The van der Waals surface area contributed by atoms with Crippen molar-refractivity contribution in [2.75, 3.05) is 19.0 Å². The van der Waals surface area contributed by atoms with Crippen LogP contribution in [0.25, 0.3) is 22.0 Å². The van der Waals surface area contributed by atoms with Crippen molar-refractivity contribution in [1.82, 2.24) is 15.5 Å². The molecule has 1 aliphatic rings. The molecule has 5 rings (SSSR count). The van der Waals surface area contributed by atoms with Gasteiger partial charge in [-0.2, -0.15) is 0 Å². The average molecular weight is 464 g/mol. The first-order chi connectivity index (χ1) is 16.4. The molecule has 1 unspecified atom stereocenters. The van der Waals surface area contributed by atoms with Crippen LogP contribution < -0.4 is 15.4 Å². The normalized spacial score (nSPS) is 16.1. The van der Waals surface area contributed by atoms with Gasteiger partial charge in [0.1, 0.15) is 35.1 Å². The number of nitrogens with zero attached hydrogens (tertiary/aromatic N) is 2. The third-order valence-corrected chi connectivity index (χ3v) is 6.10. The number of rotatable bonds is 5. The van der Waals surface area contributed by atoms with Gasteiger partial charge in [0.2, 0.25) is 0 Å². The van der Waals surface area contributed by atoms with Crippen molar-refractivity contribution in [2.24, 2.45) is 4.99 Å². The van der Waals surface area contributed by atoms with Gasteiger partial charge in [-0.1, -0.05) is 17.3 Å². The van der Waals surface area contributed by atoms with E-state index in [-0.39, 0.29) is 18.6 Å². The summed E-state index contributed by atoms with van der Waals surface area (Å²) in [5.74, 6) is 2.51. The molecular weight excluding hydrogens is 437 g/mol. The number of anilines is 1. The van der Waals surface area contributed by atoms with Crippen molar-refractivity contribution < 1.29 is 18.8 Å². The van der Waals surface area contributed by atoms with Crippen molar-refractivity contribution in [1.29, 1.82) is 0 Å². The Labute approximate surface area is 195 Å². The summed E-state index contributed by atoms with van der Waals surface area (Å²) in [5, 5.41) is 21.8. The third-order valence-electron chi connectivity index (χ3n) is 6.10. The Hall–Kier alpha value is -3.85. The standard InChI is InChI=1S/C25H26FN5O3/c1-12-22(13(2)34-31-12)18-9-19-17(10-21(18)33-4)23-24(29-19)27-14(3)28-25(23)30-20(11-32)15-5-7-16(26)8-6-15/h5-10,14,20,27,29,32H,11H2,1-4H3,(H,28,30)/t14?,20-/m1/s1. The molecule has 2 aromatic heterocycles. The molecule has 8 nitrogen and oxygen atoms in total. The molecule has 0 aliphatic carbocycles. The Balaban J connectivity index is 1.61. The second kappa shape index (κ2) is 8.49. The predicted molar refractivity (Wildman–Crippen MR) is 129 cm³/mol. The van der Waals surface area contributed by atoms with Gasteiger partial charge < -0.3 is 30.0 Å². The van der Waals surface area contributed by atoms with Crippen LogP contribution in [0.15, 0.2) is 45.9 Å². The number of H-pyrrole nitrogens is 1. The van der Waals surface area contributed by atoms with E-state index in [1.165, 1.54) is 12.1 Å². The van der Waals surface area contributed by atoms with Gasteiger partial charge in [0.05, 0.1) is 36.6 Å². The fourth-order valence-corrected chi connectivity index (χ4v) is 4.51. The highest BCUT2D eigenvalue weighted by molar-refractivity contribution is 6.16. The number of ether oxygens (including phenoxy) is 1. The van der Waals surface area contributed by atoms with Crippen LogP contribution >= 0.6 is 0 Å². The van der Waals surface area contributed by atoms with E-state index in [1.807, 2.05) is 32.9 Å². The largest absolute Gasteiger partial charge is 0.496 e. The van der Waals surface area contributed by atoms with Crippen molar-refractivity contribution in [3.8, 4) is 16.9 Å². The molecule has 2 aromatic carbocycles. The number of nitrogens with one attached hydrogen (secondary N) is 3. The zero-order valence-corrected chi connectivity index (χ0v) is 19.4. The van der Waals surface area contributed by atoms with Gasteiger partial charge in [0, 0.05) is 16.5 Å². The monoisotopic (exact) mass is 463 g/mol. The number of aliphatic hydroxyl groups is 1. The summed E-state index contributed by atoms with van der Waals surface area (Å²) in [6.07, 6.45) is -0.195. The molecule has 3 heterocycles. The second-order valence-corrected chi connectivity index (χ2v) is 8.40. The molecule has 0 spiro atoms. The molecular formula is C25H26FN5O3. The van der Waals surface area contributed by atoms with Crippen LogP contribution in [0.2, 0.25) is 0 Å². The number of hydrogen-bond acceptors (Lipinski definition) is 7. The molecule has 34 heavy (non-hydrogen) atoms. The highest BCUT2D eigenvalue weighted by Crippen LogP contribution is 2.40. The van der Waals surface area contributed by atoms with Crippen LogP contribution in [0.5, 0.6) is 5.75 Å². The highest BCUT2D eigenvalue weighted by atomic mass is 19.1. The molecule has 9 heteroatoms. The molecule has 176 valence electrons. The Morgan fingerprint density at radius 3 is 2.62 bits per heavy atom. The Morgan fingerprint density at radius 1 is 1.21 bits per heavy atom. The minimum atomic E-state index is -0.453. The third kappa shape index (κ3) is 3.67. The van der Waals surface area contributed by atoms with Crippen LogP contribution in [-0.2, 0) is 0 Å². The molecule has 0 fully saturated rings. The van der Waals surface area contributed by atoms with Crippen LogP contribution in [0.3, 0.4) is 0 Å². The summed E-state index contributed by atoms with van der Waals surface area (Å²) < 4.78 is 24.5. The van der Waals surface area contributed by atoms with E-state index in [1.54, 1.807) is 19.2 Å². The van der Waals surface area contributed by atoms with E-state index in [9.17, 15) is 9.50 Å². The van der Waals surface area contributed by atoms with Gasteiger partial charge in [-0.25, -0.2) is 9.38 Å². The van der Waals surface area contributed by atoms with E-state index < -0.39 is 6.04 Å².